The van der Waals surface area contributed by atoms with Gasteiger partial charge in [-0.05, 0) is 42.2 Å². The third-order valence-electron chi connectivity index (χ3n) is 5.76. The van der Waals surface area contributed by atoms with Crippen LogP contribution in [0.25, 0.3) is 0 Å². The molecule has 30 heavy (non-hydrogen) atoms. The summed E-state index contributed by atoms with van der Waals surface area (Å²) in [7, 11) is 1.67. The fraction of sp³-hybridized carbons (Fsp3) is 0.375. The van der Waals surface area contributed by atoms with E-state index in [9.17, 15) is 4.79 Å². The SMILES string of the molecule is COc1ccc(Cn2ccnc2CN(Cc2cccnc2)C(=O)C2CCCC2)cc1. The summed E-state index contributed by atoms with van der Waals surface area (Å²) in [4.78, 5) is 24.0. The van der Waals surface area contributed by atoms with E-state index < -0.39 is 0 Å². The number of carbonyl (C=O) groups is 1. The summed E-state index contributed by atoms with van der Waals surface area (Å²) >= 11 is 0. The van der Waals surface area contributed by atoms with Gasteiger partial charge in [-0.2, -0.15) is 0 Å². The highest BCUT2D eigenvalue weighted by Crippen LogP contribution is 2.28. The highest BCUT2D eigenvalue weighted by Gasteiger charge is 2.28. The average molecular weight is 405 g/mol. The maximum Gasteiger partial charge on any atom is 0.226 e. The maximum absolute atomic E-state index is 13.3. The van der Waals surface area contributed by atoms with Crippen molar-refractivity contribution in [1.82, 2.24) is 19.4 Å². The molecule has 6 heteroatoms. The van der Waals surface area contributed by atoms with Gasteiger partial charge in [0, 0.05) is 43.8 Å². The topological polar surface area (TPSA) is 60.2 Å². The van der Waals surface area contributed by atoms with Gasteiger partial charge in [0.1, 0.15) is 11.6 Å². The van der Waals surface area contributed by atoms with Crippen LogP contribution < -0.4 is 4.74 Å². The van der Waals surface area contributed by atoms with E-state index in [0.717, 1.165) is 48.4 Å². The molecule has 1 fully saturated rings. The van der Waals surface area contributed by atoms with Crippen molar-refractivity contribution in [2.24, 2.45) is 5.92 Å². The fourth-order valence-electron chi connectivity index (χ4n) is 4.09. The van der Waals surface area contributed by atoms with Gasteiger partial charge in [-0.3, -0.25) is 9.78 Å². The molecule has 1 amide bonds. The van der Waals surface area contributed by atoms with Gasteiger partial charge in [-0.15, -0.1) is 0 Å². The van der Waals surface area contributed by atoms with Crippen LogP contribution in [0.4, 0.5) is 0 Å². The molecule has 1 saturated carbocycles. The van der Waals surface area contributed by atoms with Crippen LogP contribution in [0.15, 0.2) is 61.2 Å². The maximum atomic E-state index is 13.3. The van der Waals surface area contributed by atoms with Crippen molar-refractivity contribution >= 4 is 5.91 Å². The van der Waals surface area contributed by atoms with E-state index in [-0.39, 0.29) is 11.8 Å². The predicted octanol–water partition coefficient (Wildman–Crippen LogP) is 4.05. The Labute approximate surface area is 177 Å². The summed E-state index contributed by atoms with van der Waals surface area (Å²) in [6.07, 6.45) is 11.6. The lowest BCUT2D eigenvalue weighted by atomic mass is 10.1. The second-order valence-electron chi connectivity index (χ2n) is 7.86. The van der Waals surface area contributed by atoms with Gasteiger partial charge in [0.2, 0.25) is 5.91 Å². The van der Waals surface area contributed by atoms with E-state index in [1.54, 1.807) is 19.5 Å². The van der Waals surface area contributed by atoms with Crippen molar-refractivity contribution in [2.45, 2.75) is 45.3 Å². The Morgan fingerprint density at radius 1 is 1.10 bits per heavy atom. The minimum absolute atomic E-state index is 0.131. The van der Waals surface area contributed by atoms with E-state index in [0.29, 0.717) is 19.6 Å². The molecule has 2 heterocycles. The predicted molar refractivity (Wildman–Crippen MR) is 115 cm³/mol. The fourth-order valence-corrected chi connectivity index (χ4v) is 4.09. The zero-order valence-electron chi connectivity index (χ0n) is 17.4. The van der Waals surface area contributed by atoms with Crippen LogP contribution in [0, 0.1) is 5.92 Å². The van der Waals surface area contributed by atoms with Crippen LogP contribution in [-0.4, -0.2) is 32.5 Å². The van der Waals surface area contributed by atoms with Gasteiger partial charge in [-0.1, -0.05) is 31.0 Å². The Hall–Kier alpha value is -3.15. The summed E-state index contributed by atoms with van der Waals surface area (Å²) in [5, 5.41) is 0. The number of imidazole rings is 1. The molecule has 0 spiro atoms. The van der Waals surface area contributed by atoms with Crippen molar-refractivity contribution < 1.29 is 9.53 Å². The van der Waals surface area contributed by atoms with Gasteiger partial charge in [-0.25, -0.2) is 4.98 Å². The lowest BCUT2D eigenvalue weighted by Crippen LogP contribution is -2.35. The van der Waals surface area contributed by atoms with Crippen molar-refractivity contribution in [3.8, 4) is 5.75 Å². The van der Waals surface area contributed by atoms with E-state index >= 15 is 0 Å². The molecule has 0 bridgehead atoms. The van der Waals surface area contributed by atoms with Gasteiger partial charge in [0.25, 0.3) is 0 Å². The number of pyridine rings is 1. The number of methoxy groups -OCH3 is 1. The Kier molecular flexibility index (Phi) is 6.42. The van der Waals surface area contributed by atoms with E-state index in [1.165, 1.54) is 0 Å². The standard InChI is InChI=1S/C24H28N4O2/c1-30-22-10-8-19(9-11-22)16-27-14-13-26-23(27)18-28(17-20-5-4-12-25-15-20)24(29)21-6-2-3-7-21/h4-5,8-15,21H,2-3,6-7,16-18H2,1H3. The molecule has 156 valence electrons. The lowest BCUT2D eigenvalue weighted by molar-refractivity contribution is -0.136. The third kappa shape index (κ3) is 4.87. The number of carbonyl (C=O) groups excluding carboxylic acids is 1. The lowest BCUT2D eigenvalue weighted by Gasteiger charge is -2.26. The summed E-state index contributed by atoms with van der Waals surface area (Å²) in [5.41, 5.74) is 2.20. The summed E-state index contributed by atoms with van der Waals surface area (Å²) in [6.45, 7) is 1.75. The van der Waals surface area contributed by atoms with Crippen LogP contribution in [0.1, 0.15) is 42.6 Å². The summed E-state index contributed by atoms with van der Waals surface area (Å²) < 4.78 is 7.36. The number of benzene rings is 1. The first-order chi connectivity index (χ1) is 14.7. The number of amides is 1. The van der Waals surface area contributed by atoms with E-state index in [1.807, 2.05) is 41.6 Å². The first-order valence-electron chi connectivity index (χ1n) is 10.5. The van der Waals surface area contributed by atoms with Crippen molar-refractivity contribution in [3.05, 3.63) is 78.1 Å². The Balaban J connectivity index is 1.52. The second-order valence-corrected chi connectivity index (χ2v) is 7.86. The molecule has 3 aromatic rings. The minimum Gasteiger partial charge on any atom is -0.497 e. The van der Waals surface area contributed by atoms with Crippen LogP contribution >= 0.6 is 0 Å². The minimum atomic E-state index is 0.131. The van der Waals surface area contributed by atoms with Gasteiger partial charge >= 0.3 is 0 Å². The summed E-state index contributed by atoms with van der Waals surface area (Å²) in [6, 6.07) is 12.0. The molecule has 0 saturated heterocycles. The Morgan fingerprint density at radius 3 is 2.60 bits per heavy atom. The van der Waals surface area contributed by atoms with E-state index in [2.05, 4.69) is 26.7 Å². The number of hydrogen-bond donors (Lipinski definition) is 0. The second kappa shape index (κ2) is 9.57. The normalized spacial score (nSPS) is 14.0. The highest BCUT2D eigenvalue weighted by atomic mass is 16.5. The molecule has 0 aliphatic heterocycles. The van der Waals surface area contributed by atoms with Crippen LogP contribution in [0.3, 0.4) is 0 Å². The van der Waals surface area contributed by atoms with Gasteiger partial charge in [0.15, 0.2) is 0 Å². The highest BCUT2D eigenvalue weighted by molar-refractivity contribution is 5.79. The molecule has 2 aromatic heterocycles. The molecule has 0 radical (unpaired) electrons. The van der Waals surface area contributed by atoms with E-state index in [4.69, 9.17) is 4.74 Å². The molecule has 0 atom stereocenters. The Morgan fingerprint density at radius 2 is 1.90 bits per heavy atom. The molecule has 0 N–H and O–H groups in total. The monoisotopic (exact) mass is 404 g/mol. The smallest absolute Gasteiger partial charge is 0.226 e. The molecule has 6 nitrogen and oxygen atoms in total. The average Bonchev–Trinajstić information content (AvgIpc) is 3.47. The van der Waals surface area contributed by atoms with Crippen LogP contribution in [0.2, 0.25) is 0 Å². The molecule has 4 rings (SSSR count). The first kappa shape index (κ1) is 20.1. The Bertz CT molecular complexity index is 947. The third-order valence-corrected chi connectivity index (χ3v) is 5.76. The molecule has 0 unspecified atom stereocenters. The van der Waals surface area contributed by atoms with Crippen molar-refractivity contribution in [1.29, 1.82) is 0 Å². The van der Waals surface area contributed by atoms with Crippen molar-refractivity contribution in [3.63, 3.8) is 0 Å². The zero-order valence-corrected chi connectivity index (χ0v) is 17.4. The molecular formula is C24H28N4O2. The first-order valence-corrected chi connectivity index (χ1v) is 10.5. The number of ether oxygens (including phenoxy) is 1. The zero-order chi connectivity index (χ0) is 20.8. The summed E-state index contributed by atoms with van der Waals surface area (Å²) in [5.74, 6) is 2.09. The molecule has 1 aliphatic rings. The largest absolute Gasteiger partial charge is 0.497 e. The quantitative estimate of drug-likeness (QED) is 0.568. The number of aromatic nitrogens is 3. The number of rotatable bonds is 8. The number of hydrogen-bond acceptors (Lipinski definition) is 4. The van der Waals surface area contributed by atoms with Crippen LogP contribution in [-0.2, 0) is 24.4 Å². The van der Waals surface area contributed by atoms with Crippen molar-refractivity contribution in [2.75, 3.05) is 7.11 Å². The number of nitrogens with zero attached hydrogens (tertiary/aromatic N) is 4. The molecule has 1 aliphatic carbocycles. The van der Waals surface area contributed by atoms with Crippen LogP contribution in [0.5, 0.6) is 5.75 Å². The van der Waals surface area contributed by atoms with Gasteiger partial charge in [0.05, 0.1) is 13.7 Å². The molecule has 1 aromatic carbocycles. The van der Waals surface area contributed by atoms with Gasteiger partial charge < -0.3 is 14.2 Å². The molecular weight excluding hydrogens is 376 g/mol.